The second kappa shape index (κ2) is 8.98. The predicted octanol–water partition coefficient (Wildman–Crippen LogP) is 4.76. The molecular formula is C30H33N5O3. The summed E-state index contributed by atoms with van der Waals surface area (Å²) in [4.78, 5) is 26.9. The number of nitrogens with one attached hydrogen (secondary N) is 1. The second-order valence-electron chi connectivity index (χ2n) is 11.5. The molecule has 2 N–H and O–H groups in total. The van der Waals surface area contributed by atoms with Gasteiger partial charge in [0.05, 0.1) is 24.1 Å². The largest absolute Gasteiger partial charge is 0.497 e. The van der Waals surface area contributed by atoms with E-state index in [4.69, 9.17) is 4.74 Å². The molecule has 8 rings (SSSR count). The number of benzene rings is 2. The van der Waals surface area contributed by atoms with E-state index in [-0.39, 0.29) is 12.1 Å². The molecule has 8 heteroatoms. The second-order valence-corrected chi connectivity index (χ2v) is 11.5. The molecule has 38 heavy (non-hydrogen) atoms. The lowest BCUT2D eigenvalue weighted by molar-refractivity contribution is -0.136. The van der Waals surface area contributed by atoms with Gasteiger partial charge in [0.2, 0.25) is 5.95 Å². The summed E-state index contributed by atoms with van der Waals surface area (Å²) in [6, 6.07) is 15.9. The Kier molecular flexibility index (Phi) is 5.54. The number of hydrogen-bond acceptors (Lipinski definition) is 6. The summed E-state index contributed by atoms with van der Waals surface area (Å²) in [5.41, 5.74) is 3.24. The fourth-order valence-corrected chi connectivity index (χ4v) is 7.61. The fraction of sp³-hybridized carbons (Fsp3) is 0.433. The summed E-state index contributed by atoms with van der Waals surface area (Å²) in [5, 5.41) is 14.3. The summed E-state index contributed by atoms with van der Waals surface area (Å²) in [6.07, 6.45) is 8.51. The van der Waals surface area contributed by atoms with Crippen LogP contribution in [0.15, 0.2) is 60.9 Å². The molecule has 5 atom stereocenters. The van der Waals surface area contributed by atoms with Gasteiger partial charge in [0.1, 0.15) is 5.75 Å². The minimum Gasteiger partial charge on any atom is -0.497 e. The highest BCUT2D eigenvalue weighted by Crippen LogP contribution is 2.55. The van der Waals surface area contributed by atoms with Crippen LogP contribution in [0.4, 0.5) is 22.1 Å². The fourth-order valence-electron chi connectivity index (χ4n) is 7.61. The number of amides is 2. The molecule has 196 valence electrons. The third-order valence-corrected chi connectivity index (χ3v) is 9.09. The molecule has 0 spiro atoms. The molecule has 0 saturated heterocycles. The number of fused-ring (bicyclic) bond motifs is 1. The van der Waals surface area contributed by atoms with Crippen LogP contribution in [0.3, 0.4) is 0 Å². The zero-order valence-electron chi connectivity index (χ0n) is 21.6. The van der Waals surface area contributed by atoms with Crippen LogP contribution >= 0.6 is 0 Å². The number of para-hydroxylation sites is 2. The average molecular weight is 512 g/mol. The van der Waals surface area contributed by atoms with Gasteiger partial charge in [0.25, 0.3) is 0 Å². The Morgan fingerprint density at radius 2 is 1.63 bits per heavy atom. The van der Waals surface area contributed by atoms with Crippen LogP contribution in [0.5, 0.6) is 5.75 Å². The lowest BCUT2D eigenvalue weighted by Crippen LogP contribution is -2.63. The van der Waals surface area contributed by atoms with E-state index in [1.54, 1.807) is 7.11 Å². The Labute approximate surface area is 222 Å². The summed E-state index contributed by atoms with van der Waals surface area (Å²) < 4.78 is 5.25. The highest BCUT2D eigenvalue weighted by atomic mass is 16.5. The number of ether oxygens (including phenoxy) is 1. The maximum Gasteiger partial charge on any atom is 0.322 e. The number of carbonyl (C=O) groups is 1. The van der Waals surface area contributed by atoms with E-state index in [0.29, 0.717) is 36.8 Å². The van der Waals surface area contributed by atoms with E-state index < -0.39 is 5.60 Å². The van der Waals surface area contributed by atoms with Crippen molar-refractivity contribution in [1.29, 1.82) is 0 Å². The maximum atomic E-state index is 13.6. The van der Waals surface area contributed by atoms with Crippen molar-refractivity contribution in [3.63, 3.8) is 0 Å². The van der Waals surface area contributed by atoms with Gasteiger partial charge in [-0.2, -0.15) is 0 Å². The SMILES string of the molecule is COc1ccc(-c2cnc(N3CCN(C(=O)NC4[C@@H]5CC6C[C@H]4CC(O)(C6)C5)c4ccccc43)nc2)cc1. The Morgan fingerprint density at radius 1 is 0.947 bits per heavy atom. The van der Waals surface area contributed by atoms with Crippen molar-refractivity contribution in [2.75, 3.05) is 30.0 Å². The molecular weight excluding hydrogens is 478 g/mol. The van der Waals surface area contributed by atoms with Crippen LogP contribution in [0.1, 0.15) is 32.1 Å². The Bertz CT molecular complexity index is 1330. The average Bonchev–Trinajstić information content (AvgIpc) is 2.93. The van der Waals surface area contributed by atoms with Crippen molar-refractivity contribution in [1.82, 2.24) is 15.3 Å². The lowest BCUT2D eigenvalue weighted by Gasteiger charge is -2.58. The van der Waals surface area contributed by atoms with Crippen molar-refractivity contribution < 1.29 is 14.6 Å². The molecule has 4 saturated carbocycles. The van der Waals surface area contributed by atoms with Crippen LogP contribution in [0, 0.1) is 17.8 Å². The number of hydrogen-bond donors (Lipinski definition) is 2. The molecule has 2 amide bonds. The minimum absolute atomic E-state index is 0.0441. The van der Waals surface area contributed by atoms with Gasteiger partial charge < -0.3 is 20.1 Å². The highest BCUT2D eigenvalue weighted by molar-refractivity contribution is 5.97. The smallest absolute Gasteiger partial charge is 0.322 e. The molecule has 2 heterocycles. The zero-order valence-corrected chi connectivity index (χ0v) is 21.6. The normalized spacial score (nSPS) is 29.2. The first-order chi connectivity index (χ1) is 18.5. The first kappa shape index (κ1) is 23.5. The van der Waals surface area contributed by atoms with E-state index >= 15 is 0 Å². The van der Waals surface area contributed by atoms with Gasteiger partial charge in [0.15, 0.2) is 0 Å². The number of urea groups is 1. The monoisotopic (exact) mass is 511 g/mol. The molecule has 1 aromatic heterocycles. The van der Waals surface area contributed by atoms with Crippen molar-refractivity contribution in [2.45, 2.75) is 43.7 Å². The Balaban J connectivity index is 1.09. The standard InChI is InChI=1S/C30H33N5O3/c1-38-24-8-6-20(7-9-24)23-17-31-28(32-18-23)34-10-11-35(26-5-3-2-4-25(26)34)29(36)33-27-21-12-19-13-22(27)16-30(37,14-19)15-21/h2-9,17-19,21-22,27,37H,10-16H2,1H3,(H,33,36)/t19?,21-,22+,27?,30?. The van der Waals surface area contributed by atoms with Gasteiger partial charge in [-0.3, -0.25) is 4.90 Å². The molecule has 4 aliphatic carbocycles. The number of anilines is 3. The van der Waals surface area contributed by atoms with Crippen LogP contribution in [-0.4, -0.2) is 52.9 Å². The highest BCUT2D eigenvalue weighted by Gasteiger charge is 2.55. The molecule has 5 aliphatic rings. The molecule has 0 radical (unpaired) electrons. The van der Waals surface area contributed by atoms with Crippen molar-refractivity contribution in [3.05, 3.63) is 60.9 Å². The van der Waals surface area contributed by atoms with Crippen LogP contribution in [-0.2, 0) is 0 Å². The zero-order chi connectivity index (χ0) is 25.9. The van der Waals surface area contributed by atoms with E-state index in [0.717, 1.165) is 60.4 Å². The van der Waals surface area contributed by atoms with Gasteiger partial charge in [-0.15, -0.1) is 0 Å². The quantitative estimate of drug-likeness (QED) is 0.525. The van der Waals surface area contributed by atoms with E-state index in [2.05, 4.69) is 20.2 Å². The van der Waals surface area contributed by atoms with Gasteiger partial charge in [-0.25, -0.2) is 14.8 Å². The van der Waals surface area contributed by atoms with Gasteiger partial charge in [-0.1, -0.05) is 24.3 Å². The first-order valence-corrected chi connectivity index (χ1v) is 13.6. The maximum absolute atomic E-state index is 13.6. The molecule has 1 aliphatic heterocycles. The van der Waals surface area contributed by atoms with Crippen molar-refractivity contribution in [3.8, 4) is 16.9 Å². The van der Waals surface area contributed by atoms with Gasteiger partial charge in [-0.05, 0) is 79.7 Å². The summed E-state index contributed by atoms with van der Waals surface area (Å²) in [5.74, 6) is 2.80. The number of nitrogens with zero attached hydrogens (tertiary/aromatic N) is 4. The summed E-state index contributed by atoms with van der Waals surface area (Å²) >= 11 is 0. The summed E-state index contributed by atoms with van der Waals surface area (Å²) in [6.45, 7) is 1.15. The van der Waals surface area contributed by atoms with Crippen LogP contribution < -0.4 is 19.9 Å². The van der Waals surface area contributed by atoms with Crippen molar-refractivity contribution in [2.24, 2.45) is 17.8 Å². The summed E-state index contributed by atoms with van der Waals surface area (Å²) in [7, 11) is 1.66. The third kappa shape index (κ3) is 3.98. The molecule has 2 aromatic carbocycles. The van der Waals surface area contributed by atoms with Gasteiger partial charge >= 0.3 is 6.03 Å². The Hall–Kier alpha value is -3.65. The number of carbonyl (C=O) groups excluding carboxylic acids is 1. The Morgan fingerprint density at radius 3 is 2.29 bits per heavy atom. The third-order valence-electron chi connectivity index (χ3n) is 9.09. The molecule has 4 bridgehead atoms. The predicted molar refractivity (Wildman–Crippen MR) is 146 cm³/mol. The van der Waals surface area contributed by atoms with Gasteiger partial charge in [0, 0.05) is 37.1 Å². The topological polar surface area (TPSA) is 90.8 Å². The molecule has 3 unspecified atom stereocenters. The minimum atomic E-state index is -0.501. The molecule has 8 nitrogen and oxygen atoms in total. The van der Waals surface area contributed by atoms with Crippen LogP contribution in [0.25, 0.3) is 11.1 Å². The molecule has 3 aromatic rings. The van der Waals surface area contributed by atoms with Crippen LogP contribution in [0.2, 0.25) is 0 Å². The number of rotatable bonds is 4. The lowest BCUT2D eigenvalue weighted by atomic mass is 9.52. The number of methoxy groups -OCH3 is 1. The number of aromatic nitrogens is 2. The van der Waals surface area contributed by atoms with E-state index in [1.807, 2.05) is 65.8 Å². The molecule has 4 fully saturated rings. The number of aliphatic hydroxyl groups is 1. The van der Waals surface area contributed by atoms with E-state index in [9.17, 15) is 9.90 Å². The van der Waals surface area contributed by atoms with Crippen molar-refractivity contribution >= 4 is 23.4 Å². The van der Waals surface area contributed by atoms with E-state index in [1.165, 1.54) is 0 Å². The first-order valence-electron chi connectivity index (χ1n) is 13.6.